The summed E-state index contributed by atoms with van der Waals surface area (Å²) in [5.74, 6) is 1.62. The van der Waals surface area contributed by atoms with E-state index in [0.717, 1.165) is 56.0 Å². The minimum atomic E-state index is -0.632. The van der Waals surface area contributed by atoms with Gasteiger partial charge in [-0.05, 0) is 115 Å². The molecule has 2 aliphatic carbocycles. The van der Waals surface area contributed by atoms with Gasteiger partial charge in [-0.15, -0.1) is 0 Å². The monoisotopic (exact) mass is 765 g/mol. The smallest absolute Gasteiger partial charge is 0.255 e. The highest BCUT2D eigenvalue weighted by atomic mass is 16.5. The Morgan fingerprint density at radius 1 is 0.807 bits per heavy atom. The molecule has 10 rings (SSSR count). The number of hydrogen-bond acceptors (Lipinski definition) is 8. The molecular weight excluding hydrogens is 715 g/mol. The Bertz CT molecular complexity index is 2180. The van der Waals surface area contributed by atoms with Crippen molar-refractivity contribution in [3.63, 3.8) is 0 Å². The van der Waals surface area contributed by atoms with E-state index in [4.69, 9.17) is 4.74 Å². The van der Waals surface area contributed by atoms with Crippen molar-refractivity contribution in [1.29, 1.82) is 0 Å². The second-order valence-electron chi connectivity index (χ2n) is 17.2. The van der Waals surface area contributed by atoms with Gasteiger partial charge in [0.2, 0.25) is 11.8 Å². The molecule has 4 atom stereocenters. The maximum atomic E-state index is 13.4. The lowest BCUT2D eigenvalue weighted by molar-refractivity contribution is -0.136. The minimum Gasteiger partial charge on any atom is -0.508 e. The first-order valence-electron chi connectivity index (χ1n) is 21.0. The number of imide groups is 1. The lowest BCUT2D eigenvalue weighted by Gasteiger charge is -2.47. The zero-order valence-corrected chi connectivity index (χ0v) is 32.4. The lowest BCUT2D eigenvalue weighted by atomic mass is 9.69. The Morgan fingerprint density at radius 3 is 2.44 bits per heavy atom. The number of ether oxygens (including phenoxy) is 1. The van der Waals surface area contributed by atoms with Crippen LogP contribution in [-0.2, 0) is 22.6 Å². The minimum absolute atomic E-state index is 0.165. The highest BCUT2D eigenvalue weighted by molar-refractivity contribution is 6.06. The number of phenols is 1. The first kappa shape index (κ1) is 36.0. The molecule has 4 aromatic carbocycles. The van der Waals surface area contributed by atoms with Crippen LogP contribution in [-0.4, -0.2) is 83.5 Å². The van der Waals surface area contributed by atoms with Crippen LogP contribution in [0.4, 0.5) is 11.4 Å². The number of rotatable bonds is 7. The predicted molar refractivity (Wildman–Crippen MR) is 219 cm³/mol. The largest absolute Gasteiger partial charge is 0.508 e. The maximum Gasteiger partial charge on any atom is 0.255 e. The molecule has 4 aliphatic heterocycles. The Hall–Kier alpha value is -5.35. The maximum absolute atomic E-state index is 13.4. The van der Waals surface area contributed by atoms with E-state index in [1.807, 2.05) is 24.3 Å². The Morgan fingerprint density at radius 2 is 1.63 bits per heavy atom. The summed E-state index contributed by atoms with van der Waals surface area (Å²) in [6.07, 6.45) is 7.40. The number of piperazine rings is 1. The summed E-state index contributed by atoms with van der Waals surface area (Å²) < 4.78 is 6.44. The molecule has 3 fully saturated rings. The number of carbonyl (C=O) groups excluding carboxylic acids is 3. The van der Waals surface area contributed by atoms with Crippen molar-refractivity contribution in [1.82, 2.24) is 15.1 Å². The van der Waals surface area contributed by atoms with E-state index in [1.54, 1.807) is 4.90 Å². The first-order chi connectivity index (χ1) is 27.9. The molecule has 1 saturated carbocycles. The average molecular weight is 766 g/mol. The number of aromatic hydroxyl groups is 1. The van der Waals surface area contributed by atoms with E-state index in [-0.39, 0.29) is 30.2 Å². The number of piperidine rings is 1. The number of nitrogens with one attached hydrogen (secondary N) is 2. The number of fused-ring (bicyclic) bond motifs is 6. The lowest BCUT2D eigenvalue weighted by Crippen LogP contribution is -2.58. The fourth-order valence-electron chi connectivity index (χ4n) is 10.9. The first-order valence-corrected chi connectivity index (χ1v) is 21.0. The van der Waals surface area contributed by atoms with Crippen molar-refractivity contribution in [2.24, 2.45) is 5.92 Å². The molecule has 6 aliphatic rings. The summed E-state index contributed by atoms with van der Waals surface area (Å²) in [4.78, 5) is 44.4. The van der Waals surface area contributed by atoms with E-state index in [2.05, 4.69) is 81.1 Å². The fraction of sp³-hybridized carbons (Fsp3) is 0.426. The van der Waals surface area contributed by atoms with Crippen LogP contribution in [0.3, 0.4) is 0 Å². The van der Waals surface area contributed by atoms with E-state index >= 15 is 0 Å². The number of hydrogen-bond donors (Lipinski definition) is 3. The van der Waals surface area contributed by atoms with Crippen molar-refractivity contribution in [2.45, 2.75) is 87.9 Å². The molecule has 0 unspecified atom stereocenters. The molecule has 0 spiro atoms. The van der Waals surface area contributed by atoms with Gasteiger partial charge in [0.25, 0.3) is 5.91 Å². The molecule has 0 radical (unpaired) electrons. The zero-order valence-electron chi connectivity index (χ0n) is 32.4. The Kier molecular flexibility index (Phi) is 9.39. The normalized spacial score (nSPS) is 27.1. The van der Waals surface area contributed by atoms with Crippen LogP contribution in [0.2, 0.25) is 0 Å². The molecular formula is C47H51N5O5. The molecule has 10 nitrogen and oxygen atoms in total. The fourth-order valence-corrected chi connectivity index (χ4v) is 10.9. The van der Waals surface area contributed by atoms with Crippen molar-refractivity contribution in [2.75, 3.05) is 43.0 Å². The number of aryl methyl sites for hydroxylation is 1. The van der Waals surface area contributed by atoms with Crippen molar-refractivity contribution in [3.8, 4) is 11.5 Å². The van der Waals surface area contributed by atoms with Crippen LogP contribution in [0.25, 0.3) is 0 Å². The quantitative estimate of drug-likeness (QED) is 0.181. The highest BCUT2D eigenvalue weighted by Crippen LogP contribution is 2.48. The molecule has 0 bridgehead atoms. The predicted octanol–water partition coefficient (Wildman–Crippen LogP) is 6.57. The molecule has 57 heavy (non-hydrogen) atoms. The number of phenolic OH excluding ortho intramolecular Hbond substituents is 1. The van der Waals surface area contributed by atoms with Crippen molar-refractivity contribution >= 4 is 29.1 Å². The van der Waals surface area contributed by atoms with Crippen LogP contribution in [0, 0.1) is 5.92 Å². The van der Waals surface area contributed by atoms with Gasteiger partial charge in [0.15, 0.2) is 0 Å². The van der Waals surface area contributed by atoms with Crippen LogP contribution < -0.4 is 20.3 Å². The zero-order chi connectivity index (χ0) is 38.6. The summed E-state index contributed by atoms with van der Waals surface area (Å²) >= 11 is 0. The third kappa shape index (κ3) is 6.81. The molecule has 3 N–H and O–H groups in total. The van der Waals surface area contributed by atoms with Gasteiger partial charge >= 0.3 is 0 Å². The van der Waals surface area contributed by atoms with Gasteiger partial charge in [0.05, 0.1) is 18.3 Å². The number of anilines is 2. The average Bonchev–Trinajstić information content (AvgIpc) is 3.57. The van der Waals surface area contributed by atoms with Crippen LogP contribution in [0.15, 0.2) is 84.9 Å². The summed E-state index contributed by atoms with van der Waals surface area (Å²) in [6.45, 7) is 4.89. The second kappa shape index (κ2) is 14.9. The van der Waals surface area contributed by atoms with E-state index in [0.29, 0.717) is 48.8 Å². The standard InChI is InChI=1S/C47H51N5O5/c53-36-15-17-38-32(24-36)10-16-37(30-4-2-1-3-5-30)44(38)31-8-13-34(14-9-31)48-33-11-6-29(7-12-33)25-50-22-23-51-35(26-50)28-57-45-40-27-52(42-20-21-43(54)49-46(42)55)47(56)39(40)18-19-41(45)51/h1-5,8-9,13-15,17-19,24,29,33,35,37,42,44,48,53H,6-7,10-12,16,20-23,25-28H2,(H,49,54,55)/t29?,33?,35-,37-,42+,44+/m1/s1. The number of carbonyl (C=O) groups is 3. The van der Waals surface area contributed by atoms with Gasteiger partial charge in [-0.3, -0.25) is 24.6 Å². The van der Waals surface area contributed by atoms with Crippen LogP contribution >= 0.6 is 0 Å². The molecule has 2 saturated heterocycles. The molecule has 3 amide bonds. The molecule has 10 heteroatoms. The Labute approximate surface area is 334 Å². The van der Waals surface area contributed by atoms with Crippen LogP contribution in [0.1, 0.15) is 95.0 Å². The van der Waals surface area contributed by atoms with E-state index in [1.165, 1.54) is 53.6 Å². The van der Waals surface area contributed by atoms with Gasteiger partial charge in [0, 0.05) is 61.4 Å². The Balaban J connectivity index is 0.734. The molecule has 4 aromatic rings. The van der Waals surface area contributed by atoms with Crippen molar-refractivity contribution in [3.05, 3.63) is 118 Å². The van der Waals surface area contributed by atoms with E-state index in [9.17, 15) is 19.5 Å². The topological polar surface area (TPSA) is 114 Å². The van der Waals surface area contributed by atoms with Gasteiger partial charge in [-0.25, -0.2) is 0 Å². The second-order valence-corrected chi connectivity index (χ2v) is 17.2. The SMILES string of the molecule is O=C1CC[C@H](N2Cc3c(ccc4c3OC[C@H]3CN(CC5CCC(Nc6ccc([C@@H]7c8ccc(O)cc8CC[C@@H]7c7ccccc7)cc6)CC5)CCN43)C2=O)C(=O)N1. The molecule has 294 valence electrons. The van der Waals surface area contributed by atoms with Gasteiger partial charge in [-0.1, -0.05) is 48.5 Å². The highest BCUT2D eigenvalue weighted by Gasteiger charge is 2.43. The van der Waals surface area contributed by atoms with Gasteiger partial charge in [0.1, 0.15) is 24.1 Å². The van der Waals surface area contributed by atoms with Gasteiger partial charge in [-0.2, -0.15) is 0 Å². The summed E-state index contributed by atoms with van der Waals surface area (Å²) in [5.41, 5.74) is 8.98. The van der Waals surface area contributed by atoms with Gasteiger partial charge < -0.3 is 25.0 Å². The third-order valence-electron chi connectivity index (χ3n) is 13.8. The summed E-state index contributed by atoms with van der Waals surface area (Å²) in [7, 11) is 0. The van der Waals surface area contributed by atoms with Crippen LogP contribution in [0.5, 0.6) is 11.5 Å². The number of benzene rings is 4. The molecule has 0 aromatic heterocycles. The number of amides is 3. The third-order valence-corrected chi connectivity index (χ3v) is 13.8. The summed E-state index contributed by atoms with van der Waals surface area (Å²) in [5, 5.41) is 16.5. The molecule has 4 heterocycles. The number of nitrogens with zero attached hydrogens (tertiary/aromatic N) is 3. The summed E-state index contributed by atoms with van der Waals surface area (Å²) in [6, 6.07) is 30.0. The van der Waals surface area contributed by atoms with Crippen molar-refractivity contribution < 1.29 is 24.2 Å². The van der Waals surface area contributed by atoms with E-state index < -0.39 is 11.9 Å².